The third-order valence-electron chi connectivity index (χ3n) is 4.12. The van der Waals surface area contributed by atoms with Gasteiger partial charge in [0.2, 0.25) is 0 Å². The van der Waals surface area contributed by atoms with Crippen molar-refractivity contribution in [2.24, 2.45) is 13.0 Å². The molecule has 0 saturated carbocycles. The zero-order valence-electron chi connectivity index (χ0n) is 13.8. The predicted octanol–water partition coefficient (Wildman–Crippen LogP) is 1.21. The van der Waals surface area contributed by atoms with Crippen molar-refractivity contribution in [2.45, 2.75) is 25.9 Å². The Morgan fingerprint density at radius 2 is 2.09 bits per heavy atom. The summed E-state index contributed by atoms with van der Waals surface area (Å²) in [6.45, 7) is 5.57. The van der Waals surface area contributed by atoms with Crippen LogP contribution in [-0.4, -0.2) is 50.7 Å². The minimum absolute atomic E-state index is 0.0378. The number of aliphatic hydroxyl groups is 1. The van der Waals surface area contributed by atoms with Gasteiger partial charge in [-0.05, 0) is 19.4 Å². The van der Waals surface area contributed by atoms with Crippen molar-refractivity contribution < 1.29 is 9.84 Å². The molecule has 0 unspecified atom stereocenters. The molecule has 2 aromatic heterocycles. The lowest BCUT2D eigenvalue weighted by Crippen LogP contribution is -2.23. The second-order valence-electron chi connectivity index (χ2n) is 6.25. The first-order chi connectivity index (χ1) is 11.1. The summed E-state index contributed by atoms with van der Waals surface area (Å²) in [5.74, 6) is 1.66. The highest BCUT2D eigenvalue weighted by molar-refractivity contribution is 5.50. The number of hydrogen-bond donors (Lipinski definition) is 1. The standard InChI is InChI=1S/C16H23N5O2/c1-11(2)23-16-15(17-4-5-18-16)21-8-13(10-22)14(9-21)12-6-19-20(3)7-12/h4-7,11,13-14,22H,8-10H2,1-3H3/t13-,14-/m0/s1. The first-order valence-corrected chi connectivity index (χ1v) is 7.90. The Bertz CT molecular complexity index is 657. The van der Waals surface area contributed by atoms with Crippen LogP contribution in [0.3, 0.4) is 0 Å². The number of anilines is 1. The number of aryl methyl sites for hydroxylation is 1. The molecule has 1 aliphatic heterocycles. The largest absolute Gasteiger partial charge is 0.472 e. The maximum atomic E-state index is 9.76. The van der Waals surface area contributed by atoms with Crippen LogP contribution in [-0.2, 0) is 7.05 Å². The number of aromatic nitrogens is 4. The summed E-state index contributed by atoms with van der Waals surface area (Å²) in [6, 6.07) is 0. The number of nitrogens with zero attached hydrogens (tertiary/aromatic N) is 5. The molecule has 2 aromatic rings. The lowest BCUT2D eigenvalue weighted by atomic mass is 9.92. The second kappa shape index (κ2) is 6.54. The van der Waals surface area contributed by atoms with Crippen molar-refractivity contribution in [2.75, 3.05) is 24.6 Å². The third kappa shape index (κ3) is 3.29. The maximum Gasteiger partial charge on any atom is 0.257 e. The fourth-order valence-electron chi connectivity index (χ4n) is 3.08. The van der Waals surface area contributed by atoms with E-state index in [1.807, 2.05) is 33.3 Å². The molecule has 7 nitrogen and oxygen atoms in total. The maximum absolute atomic E-state index is 9.76. The number of hydrogen-bond acceptors (Lipinski definition) is 6. The Labute approximate surface area is 135 Å². The summed E-state index contributed by atoms with van der Waals surface area (Å²) < 4.78 is 7.57. The van der Waals surface area contributed by atoms with E-state index in [9.17, 15) is 5.11 Å². The third-order valence-corrected chi connectivity index (χ3v) is 4.12. The predicted molar refractivity (Wildman–Crippen MR) is 86.5 cm³/mol. The van der Waals surface area contributed by atoms with Gasteiger partial charge < -0.3 is 14.7 Å². The molecule has 2 atom stereocenters. The van der Waals surface area contributed by atoms with E-state index in [0.717, 1.165) is 24.5 Å². The summed E-state index contributed by atoms with van der Waals surface area (Å²) in [7, 11) is 1.90. The van der Waals surface area contributed by atoms with E-state index < -0.39 is 0 Å². The Morgan fingerprint density at radius 1 is 1.30 bits per heavy atom. The molecule has 0 radical (unpaired) electrons. The summed E-state index contributed by atoms with van der Waals surface area (Å²) in [6.07, 6.45) is 7.24. The first-order valence-electron chi connectivity index (χ1n) is 7.90. The van der Waals surface area contributed by atoms with Gasteiger partial charge in [0.15, 0.2) is 5.82 Å². The molecule has 0 aliphatic carbocycles. The lowest BCUT2D eigenvalue weighted by Gasteiger charge is -2.20. The zero-order valence-corrected chi connectivity index (χ0v) is 13.8. The molecule has 1 N–H and O–H groups in total. The fraction of sp³-hybridized carbons (Fsp3) is 0.562. The number of ether oxygens (including phenoxy) is 1. The average Bonchev–Trinajstić information content (AvgIpc) is 3.13. The molecule has 7 heteroatoms. The van der Waals surface area contributed by atoms with Crippen LogP contribution in [0.25, 0.3) is 0 Å². The van der Waals surface area contributed by atoms with Gasteiger partial charge in [0.1, 0.15) is 0 Å². The van der Waals surface area contributed by atoms with Crippen molar-refractivity contribution >= 4 is 5.82 Å². The van der Waals surface area contributed by atoms with Crippen LogP contribution < -0.4 is 9.64 Å². The molecule has 1 aliphatic rings. The van der Waals surface area contributed by atoms with Gasteiger partial charge in [-0.15, -0.1) is 0 Å². The van der Waals surface area contributed by atoms with Gasteiger partial charge in [-0.25, -0.2) is 9.97 Å². The zero-order chi connectivity index (χ0) is 16.4. The van der Waals surface area contributed by atoms with E-state index in [1.165, 1.54) is 0 Å². The Balaban J connectivity index is 1.85. The number of aliphatic hydroxyl groups excluding tert-OH is 1. The van der Waals surface area contributed by atoms with Gasteiger partial charge in [0.05, 0.1) is 12.3 Å². The van der Waals surface area contributed by atoms with Crippen LogP contribution in [0.4, 0.5) is 5.82 Å². The van der Waals surface area contributed by atoms with Crippen LogP contribution in [0, 0.1) is 5.92 Å². The van der Waals surface area contributed by atoms with Gasteiger partial charge in [-0.3, -0.25) is 4.68 Å². The minimum Gasteiger partial charge on any atom is -0.472 e. The lowest BCUT2D eigenvalue weighted by molar-refractivity contribution is 0.226. The van der Waals surface area contributed by atoms with E-state index in [0.29, 0.717) is 5.88 Å². The molecule has 3 rings (SSSR count). The van der Waals surface area contributed by atoms with Crippen LogP contribution in [0.1, 0.15) is 25.3 Å². The van der Waals surface area contributed by atoms with Crippen molar-refractivity contribution in [1.29, 1.82) is 0 Å². The van der Waals surface area contributed by atoms with Gasteiger partial charge in [-0.2, -0.15) is 5.10 Å². The van der Waals surface area contributed by atoms with E-state index in [1.54, 1.807) is 17.1 Å². The van der Waals surface area contributed by atoms with E-state index in [-0.39, 0.29) is 24.5 Å². The molecular weight excluding hydrogens is 294 g/mol. The normalized spacial score (nSPS) is 21.2. The fourth-order valence-corrected chi connectivity index (χ4v) is 3.08. The molecule has 124 valence electrons. The van der Waals surface area contributed by atoms with Crippen LogP contribution in [0.5, 0.6) is 5.88 Å². The van der Waals surface area contributed by atoms with Crippen LogP contribution >= 0.6 is 0 Å². The Kier molecular flexibility index (Phi) is 4.47. The van der Waals surface area contributed by atoms with Crippen LogP contribution in [0.2, 0.25) is 0 Å². The average molecular weight is 317 g/mol. The highest BCUT2D eigenvalue weighted by Crippen LogP contribution is 2.36. The van der Waals surface area contributed by atoms with Gasteiger partial charge in [-0.1, -0.05) is 0 Å². The second-order valence-corrected chi connectivity index (χ2v) is 6.25. The molecule has 23 heavy (non-hydrogen) atoms. The Morgan fingerprint density at radius 3 is 2.74 bits per heavy atom. The molecule has 0 aromatic carbocycles. The Hall–Kier alpha value is -2.15. The SMILES string of the molecule is CC(C)Oc1nccnc1N1C[C@@H](CO)[C@H](c2cnn(C)c2)C1. The van der Waals surface area contributed by atoms with E-state index in [2.05, 4.69) is 20.0 Å². The van der Waals surface area contributed by atoms with Gasteiger partial charge >= 0.3 is 0 Å². The summed E-state index contributed by atoms with van der Waals surface area (Å²) in [5.41, 5.74) is 1.14. The quantitative estimate of drug-likeness (QED) is 0.893. The van der Waals surface area contributed by atoms with E-state index >= 15 is 0 Å². The monoisotopic (exact) mass is 317 g/mol. The molecule has 0 amide bonds. The molecular formula is C16H23N5O2. The molecule has 0 bridgehead atoms. The molecule has 1 saturated heterocycles. The van der Waals surface area contributed by atoms with Crippen molar-refractivity contribution in [1.82, 2.24) is 19.7 Å². The molecule has 1 fully saturated rings. The first kappa shape index (κ1) is 15.7. The van der Waals surface area contributed by atoms with Gasteiger partial charge in [0.25, 0.3) is 5.88 Å². The summed E-state index contributed by atoms with van der Waals surface area (Å²) in [5, 5.41) is 14.0. The highest BCUT2D eigenvalue weighted by atomic mass is 16.5. The van der Waals surface area contributed by atoms with Crippen molar-refractivity contribution in [3.05, 3.63) is 30.4 Å². The van der Waals surface area contributed by atoms with E-state index in [4.69, 9.17) is 4.74 Å². The van der Waals surface area contributed by atoms with Crippen molar-refractivity contribution in [3.63, 3.8) is 0 Å². The minimum atomic E-state index is 0.0378. The molecule has 3 heterocycles. The van der Waals surface area contributed by atoms with Gasteiger partial charge in [0, 0.05) is 57.2 Å². The summed E-state index contributed by atoms with van der Waals surface area (Å²) in [4.78, 5) is 10.9. The topological polar surface area (TPSA) is 76.3 Å². The number of rotatable bonds is 5. The summed E-state index contributed by atoms with van der Waals surface area (Å²) >= 11 is 0. The highest BCUT2D eigenvalue weighted by Gasteiger charge is 2.36. The molecule has 0 spiro atoms. The van der Waals surface area contributed by atoms with Crippen LogP contribution in [0.15, 0.2) is 24.8 Å². The van der Waals surface area contributed by atoms with Crippen molar-refractivity contribution in [3.8, 4) is 5.88 Å². The smallest absolute Gasteiger partial charge is 0.257 e.